The Hall–Kier alpha value is 0.180. The first-order valence-electron chi connectivity index (χ1n) is 6.71. The second kappa shape index (κ2) is 6.56. The maximum Gasteiger partial charge on any atom is 0.279 e. The fourth-order valence-corrected chi connectivity index (χ4v) is 5.19. The summed E-state index contributed by atoms with van der Waals surface area (Å²) in [4.78, 5) is 0. The first-order chi connectivity index (χ1) is 8.62. The Bertz CT molecular complexity index is 355. The molecule has 0 aromatic rings. The van der Waals surface area contributed by atoms with Crippen LogP contribution in [0.25, 0.3) is 0 Å². The summed E-state index contributed by atoms with van der Waals surface area (Å²) in [6, 6.07) is 0.133. The van der Waals surface area contributed by atoms with Gasteiger partial charge < -0.3 is 5.32 Å². The average molecular weight is 293 g/mol. The number of nitrogens with zero attached hydrogens (tertiary/aromatic N) is 1. The van der Waals surface area contributed by atoms with Crippen LogP contribution >= 0.6 is 11.8 Å². The van der Waals surface area contributed by atoms with E-state index in [1.165, 1.54) is 0 Å². The van der Waals surface area contributed by atoms with Gasteiger partial charge in [-0.3, -0.25) is 0 Å². The van der Waals surface area contributed by atoms with Crippen LogP contribution in [0, 0.1) is 0 Å². The molecule has 7 heteroatoms. The molecule has 1 saturated carbocycles. The van der Waals surface area contributed by atoms with E-state index in [0.717, 1.165) is 38.1 Å². The van der Waals surface area contributed by atoms with Crippen molar-refractivity contribution in [2.45, 2.75) is 37.5 Å². The Balaban J connectivity index is 1.85. The summed E-state index contributed by atoms with van der Waals surface area (Å²) >= 11 is 1.95. The predicted molar refractivity (Wildman–Crippen MR) is 76.1 cm³/mol. The lowest BCUT2D eigenvalue weighted by Crippen LogP contribution is -2.52. The molecule has 1 aliphatic heterocycles. The molecule has 106 valence electrons. The molecule has 2 unspecified atom stereocenters. The fraction of sp³-hybridized carbons (Fsp3) is 1.00. The van der Waals surface area contributed by atoms with Crippen molar-refractivity contribution in [1.82, 2.24) is 14.3 Å². The minimum absolute atomic E-state index is 0.133. The van der Waals surface area contributed by atoms with Crippen LogP contribution < -0.4 is 10.0 Å². The van der Waals surface area contributed by atoms with Crippen LogP contribution in [0.2, 0.25) is 0 Å². The van der Waals surface area contributed by atoms with Crippen molar-refractivity contribution in [2.24, 2.45) is 0 Å². The van der Waals surface area contributed by atoms with Gasteiger partial charge in [-0.1, -0.05) is 6.92 Å². The van der Waals surface area contributed by atoms with Gasteiger partial charge in [0.15, 0.2) is 0 Å². The van der Waals surface area contributed by atoms with E-state index in [9.17, 15) is 8.42 Å². The third-order valence-corrected chi connectivity index (χ3v) is 6.43. The molecule has 0 aromatic heterocycles. The minimum Gasteiger partial charge on any atom is -0.314 e. The summed E-state index contributed by atoms with van der Waals surface area (Å²) in [5.41, 5.74) is 0. The Morgan fingerprint density at radius 3 is 2.72 bits per heavy atom. The second-order valence-electron chi connectivity index (χ2n) is 4.86. The standard InChI is InChI=1S/C11H23N3O2S2/c1-2-17-11-4-3-10(9-11)13-18(15,16)14-7-5-12-6-8-14/h10-13H,2-9H2,1H3. The molecular weight excluding hydrogens is 270 g/mol. The molecular formula is C11H23N3O2S2. The molecule has 2 N–H and O–H groups in total. The number of hydrogen-bond acceptors (Lipinski definition) is 4. The van der Waals surface area contributed by atoms with E-state index in [1.54, 1.807) is 4.31 Å². The molecule has 1 heterocycles. The van der Waals surface area contributed by atoms with Crippen LogP contribution in [0.4, 0.5) is 0 Å². The zero-order chi connectivity index (χ0) is 13.0. The SMILES string of the molecule is CCSC1CCC(NS(=O)(=O)N2CCNCC2)C1. The first-order valence-corrected chi connectivity index (χ1v) is 9.20. The molecule has 0 spiro atoms. The zero-order valence-electron chi connectivity index (χ0n) is 10.9. The smallest absolute Gasteiger partial charge is 0.279 e. The lowest BCUT2D eigenvalue weighted by atomic mass is 10.3. The molecule has 18 heavy (non-hydrogen) atoms. The third kappa shape index (κ3) is 3.84. The van der Waals surface area contributed by atoms with Crippen molar-refractivity contribution < 1.29 is 8.42 Å². The van der Waals surface area contributed by atoms with Crippen molar-refractivity contribution >= 4 is 22.0 Å². The molecule has 5 nitrogen and oxygen atoms in total. The summed E-state index contributed by atoms with van der Waals surface area (Å²) in [7, 11) is -3.27. The van der Waals surface area contributed by atoms with Crippen molar-refractivity contribution in [1.29, 1.82) is 0 Å². The maximum absolute atomic E-state index is 12.2. The molecule has 1 saturated heterocycles. The number of nitrogens with one attached hydrogen (secondary N) is 2. The number of hydrogen-bond donors (Lipinski definition) is 2. The predicted octanol–water partition coefficient (Wildman–Crippen LogP) is 0.400. The van der Waals surface area contributed by atoms with E-state index < -0.39 is 10.2 Å². The second-order valence-corrected chi connectivity index (χ2v) is 8.14. The molecule has 2 atom stereocenters. The van der Waals surface area contributed by atoms with Crippen LogP contribution in [0.1, 0.15) is 26.2 Å². The summed E-state index contributed by atoms with van der Waals surface area (Å²) in [6.07, 6.45) is 3.08. The highest BCUT2D eigenvalue weighted by Crippen LogP contribution is 2.30. The topological polar surface area (TPSA) is 61.4 Å². The Morgan fingerprint density at radius 2 is 2.06 bits per heavy atom. The van der Waals surface area contributed by atoms with Crippen molar-refractivity contribution in [3.8, 4) is 0 Å². The summed E-state index contributed by atoms with van der Waals surface area (Å²) in [5, 5.41) is 3.80. The van der Waals surface area contributed by atoms with Crippen LogP contribution in [0.3, 0.4) is 0 Å². The molecule has 0 radical (unpaired) electrons. The molecule has 2 rings (SSSR count). The summed E-state index contributed by atoms with van der Waals surface area (Å²) in [6.45, 7) is 4.81. The fourth-order valence-electron chi connectivity index (χ4n) is 2.60. The number of thioether (sulfide) groups is 1. The summed E-state index contributed by atoms with van der Waals surface area (Å²) < 4.78 is 28.8. The van der Waals surface area contributed by atoms with Crippen molar-refractivity contribution in [3.63, 3.8) is 0 Å². The van der Waals surface area contributed by atoms with Gasteiger partial charge in [0.05, 0.1) is 0 Å². The van der Waals surface area contributed by atoms with Gasteiger partial charge in [0.25, 0.3) is 10.2 Å². The highest BCUT2D eigenvalue weighted by atomic mass is 32.2. The molecule has 0 amide bonds. The van der Waals surface area contributed by atoms with E-state index in [2.05, 4.69) is 17.0 Å². The molecule has 2 aliphatic rings. The third-order valence-electron chi connectivity index (χ3n) is 3.52. The van der Waals surface area contributed by atoms with Gasteiger partial charge in [-0.25, -0.2) is 0 Å². The van der Waals surface area contributed by atoms with Gasteiger partial charge in [-0.05, 0) is 25.0 Å². The molecule has 1 aliphatic carbocycles. The Morgan fingerprint density at radius 1 is 1.33 bits per heavy atom. The highest BCUT2D eigenvalue weighted by molar-refractivity contribution is 7.99. The lowest BCUT2D eigenvalue weighted by molar-refractivity contribution is 0.351. The molecule has 0 bridgehead atoms. The van der Waals surface area contributed by atoms with Gasteiger partial charge in [-0.15, -0.1) is 0 Å². The zero-order valence-corrected chi connectivity index (χ0v) is 12.5. The van der Waals surface area contributed by atoms with E-state index in [0.29, 0.717) is 18.3 Å². The summed E-state index contributed by atoms with van der Waals surface area (Å²) in [5.74, 6) is 1.11. The Kier molecular flexibility index (Phi) is 5.32. The normalized spacial score (nSPS) is 30.7. The van der Waals surface area contributed by atoms with E-state index >= 15 is 0 Å². The van der Waals surface area contributed by atoms with Gasteiger partial charge in [0.1, 0.15) is 0 Å². The van der Waals surface area contributed by atoms with Crippen LogP contribution in [-0.2, 0) is 10.2 Å². The Labute approximate surface area is 114 Å². The van der Waals surface area contributed by atoms with Crippen molar-refractivity contribution in [2.75, 3.05) is 31.9 Å². The van der Waals surface area contributed by atoms with Gasteiger partial charge >= 0.3 is 0 Å². The number of rotatable bonds is 5. The van der Waals surface area contributed by atoms with Gasteiger partial charge in [0, 0.05) is 37.5 Å². The van der Waals surface area contributed by atoms with E-state index in [4.69, 9.17) is 0 Å². The van der Waals surface area contributed by atoms with Crippen LogP contribution in [0.15, 0.2) is 0 Å². The number of piperazine rings is 1. The van der Waals surface area contributed by atoms with Crippen LogP contribution in [-0.4, -0.2) is 55.9 Å². The van der Waals surface area contributed by atoms with E-state index in [1.807, 2.05) is 11.8 Å². The lowest BCUT2D eigenvalue weighted by Gasteiger charge is -2.28. The first kappa shape index (κ1) is 14.6. The maximum atomic E-state index is 12.2. The monoisotopic (exact) mass is 293 g/mol. The van der Waals surface area contributed by atoms with E-state index in [-0.39, 0.29) is 6.04 Å². The highest BCUT2D eigenvalue weighted by Gasteiger charge is 2.31. The van der Waals surface area contributed by atoms with Crippen LogP contribution in [0.5, 0.6) is 0 Å². The minimum atomic E-state index is -3.27. The molecule has 0 aromatic carbocycles. The van der Waals surface area contributed by atoms with Crippen molar-refractivity contribution in [3.05, 3.63) is 0 Å². The molecule has 2 fully saturated rings. The largest absolute Gasteiger partial charge is 0.314 e. The van der Waals surface area contributed by atoms with Gasteiger partial charge in [-0.2, -0.15) is 29.2 Å². The van der Waals surface area contributed by atoms with Gasteiger partial charge in [0.2, 0.25) is 0 Å². The average Bonchev–Trinajstić information content (AvgIpc) is 2.77. The quantitative estimate of drug-likeness (QED) is 0.770.